The SMILES string of the molecule is NC(CCCCNc1c(Cl)cc(Cl)c2nsnc12)=NO. The Morgan fingerprint density at radius 2 is 2.05 bits per heavy atom. The Labute approximate surface area is 129 Å². The van der Waals surface area contributed by atoms with E-state index in [-0.39, 0.29) is 5.84 Å². The second kappa shape index (κ2) is 6.92. The van der Waals surface area contributed by atoms with Crippen molar-refractivity contribution < 1.29 is 5.21 Å². The lowest BCUT2D eigenvalue weighted by atomic mass is 10.2. The highest BCUT2D eigenvalue weighted by molar-refractivity contribution is 7.00. The van der Waals surface area contributed by atoms with Crippen LogP contribution in [0.25, 0.3) is 11.0 Å². The van der Waals surface area contributed by atoms with Gasteiger partial charge < -0.3 is 16.3 Å². The molecule has 0 spiro atoms. The zero-order valence-electron chi connectivity index (χ0n) is 10.4. The van der Waals surface area contributed by atoms with Crippen LogP contribution in [0.15, 0.2) is 11.2 Å². The van der Waals surface area contributed by atoms with Crippen LogP contribution in [0.1, 0.15) is 19.3 Å². The molecule has 0 unspecified atom stereocenters. The van der Waals surface area contributed by atoms with Gasteiger partial charge in [0.05, 0.1) is 27.5 Å². The molecule has 0 amide bonds. The number of nitrogens with one attached hydrogen (secondary N) is 1. The minimum atomic E-state index is 0.237. The molecule has 9 heteroatoms. The van der Waals surface area contributed by atoms with Gasteiger partial charge >= 0.3 is 0 Å². The summed E-state index contributed by atoms with van der Waals surface area (Å²) in [5, 5.41) is 15.6. The zero-order chi connectivity index (χ0) is 14.5. The number of oxime groups is 1. The number of anilines is 1. The van der Waals surface area contributed by atoms with Crippen LogP contribution in [-0.4, -0.2) is 26.3 Å². The molecule has 0 saturated carbocycles. The largest absolute Gasteiger partial charge is 0.409 e. The molecule has 2 rings (SSSR count). The summed E-state index contributed by atoms with van der Waals surface area (Å²) in [6.07, 6.45) is 2.22. The molecule has 0 aliphatic rings. The molecular formula is C11H13Cl2N5OS. The predicted molar refractivity (Wildman–Crippen MR) is 83.2 cm³/mol. The fraction of sp³-hybridized carbons (Fsp3) is 0.364. The molecule has 0 fully saturated rings. The van der Waals surface area contributed by atoms with Gasteiger partial charge in [0.15, 0.2) is 0 Å². The number of hydrogen-bond donors (Lipinski definition) is 3. The van der Waals surface area contributed by atoms with Crippen molar-refractivity contribution in [2.45, 2.75) is 19.3 Å². The van der Waals surface area contributed by atoms with Crippen LogP contribution in [-0.2, 0) is 0 Å². The fourth-order valence-electron chi connectivity index (χ4n) is 1.74. The number of aromatic nitrogens is 2. The molecule has 4 N–H and O–H groups in total. The average Bonchev–Trinajstić information content (AvgIpc) is 2.91. The first-order chi connectivity index (χ1) is 9.63. The summed E-state index contributed by atoms with van der Waals surface area (Å²) in [6, 6.07) is 1.66. The van der Waals surface area contributed by atoms with E-state index < -0.39 is 0 Å². The van der Waals surface area contributed by atoms with E-state index in [4.69, 9.17) is 34.1 Å². The van der Waals surface area contributed by atoms with E-state index in [1.807, 2.05) is 0 Å². The topological polar surface area (TPSA) is 96.4 Å². The van der Waals surface area contributed by atoms with Crippen LogP contribution in [0.4, 0.5) is 5.69 Å². The Hall–Kier alpha value is -1.31. The Kier molecular flexibility index (Phi) is 5.22. The molecule has 0 atom stereocenters. The second-order valence-corrected chi connectivity index (χ2v) is 5.49. The third-order valence-corrected chi connectivity index (χ3v) is 3.85. The summed E-state index contributed by atoms with van der Waals surface area (Å²) in [7, 11) is 0. The van der Waals surface area contributed by atoms with Gasteiger partial charge in [0.1, 0.15) is 16.9 Å². The van der Waals surface area contributed by atoms with Crippen LogP contribution in [0, 0.1) is 0 Å². The van der Waals surface area contributed by atoms with Gasteiger partial charge in [0.2, 0.25) is 0 Å². The second-order valence-electron chi connectivity index (χ2n) is 4.15. The minimum Gasteiger partial charge on any atom is -0.409 e. The van der Waals surface area contributed by atoms with Crippen molar-refractivity contribution in [3.05, 3.63) is 16.1 Å². The highest BCUT2D eigenvalue weighted by Crippen LogP contribution is 2.35. The molecule has 6 nitrogen and oxygen atoms in total. The molecule has 0 aliphatic heterocycles. The third kappa shape index (κ3) is 3.41. The Morgan fingerprint density at radius 1 is 1.30 bits per heavy atom. The molecule has 0 saturated heterocycles. The van der Waals surface area contributed by atoms with E-state index in [1.165, 1.54) is 0 Å². The molecule has 0 bridgehead atoms. The summed E-state index contributed by atoms with van der Waals surface area (Å²) in [5.41, 5.74) is 7.47. The lowest BCUT2D eigenvalue weighted by molar-refractivity contribution is 0.316. The number of amidine groups is 1. The van der Waals surface area contributed by atoms with Crippen LogP contribution in [0.5, 0.6) is 0 Å². The maximum Gasteiger partial charge on any atom is 0.139 e. The summed E-state index contributed by atoms with van der Waals surface area (Å²) >= 11 is 13.3. The molecule has 0 aliphatic carbocycles. The molecule has 0 radical (unpaired) electrons. The summed E-state index contributed by atoms with van der Waals surface area (Å²) < 4.78 is 8.35. The van der Waals surface area contributed by atoms with Gasteiger partial charge in [-0.15, -0.1) is 0 Å². The molecule has 1 heterocycles. The van der Waals surface area contributed by atoms with E-state index in [0.717, 1.165) is 30.3 Å². The number of halogens is 2. The Balaban J connectivity index is 1.98. The quantitative estimate of drug-likeness (QED) is 0.248. The van der Waals surface area contributed by atoms with Crippen molar-refractivity contribution in [3.8, 4) is 0 Å². The first-order valence-electron chi connectivity index (χ1n) is 5.94. The number of benzene rings is 1. The van der Waals surface area contributed by atoms with E-state index in [0.29, 0.717) is 34.0 Å². The average molecular weight is 334 g/mol. The lowest BCUT2D eigenvalue weighted by Gasteiger charge is -2.09. The number of hydrogen-bond acceptors (Lipinski definition) is 6. The number of rotatable bonds is 6. The van der Waals surface area contributed by atoms with E-state index in [9.17, 15) is 0 Å². The Morgan fingerprint density at radius 3 is 2.80 bits per heavy atom. The first kappa shape index (κ1) is 15.1. The van der Waals surface area contributed by atoms with E-state index in [1.54, 1.807) is 6.07 Å². The monoisotopic (exact) mass is 333 g/mol. The van der Waals surface area contributed by atoms with Gasteiger partial charge in [-0.2, -0.15) is 8.75 Å². The molecule has 108 valence electrons. The fourth-order valence-corrected chi connectivity index (χ4v) is 2.92. The van der Waals surface area contributed by atoms with Crippen LogP contribution in [0.2, 0.25) is 10.0 Å². The number of nitrogens with two attached hydrogens (primary N) is 1. The van der Waals surface area contributed by atoms with Crippen molar-refractivity contribution in [3.63, 3.8) is 0 Å². The normalized spacial score (nSPS) is 12.0. The van der Waals surface area contributed by atoms with Gasteiger partial charge in [-0.25, -0.2) is 0 Å². The molecule has 1 aromatic carbocycles. The summed E-state index contributed by atoms with van der Waals surface area (Å²) in [5.74, 6) is 0.237. The van der Waals surface area contributed by atoms with Crippen molar-refractivity contribution in [2.24, 2.45) is 10.9 Å². The van der Waals surface area contributed by atoms with E-state index >= 15 is 0 Å². The first-order valence-corrected chi connectivity index (χ1v) is 7.42. The Bertz CT molecular complexity index is 631. The number of unbranched alkanes of at least 4 members (excludes halogenated alkanes) is 1. The lowest BCUT2D eigenvalue weighted by Crippen LogP contribution is -2.12. The number of fused-ring (bicyclic) bond motifs is 1. The molecular weight excluding hydrogens is 321 g/mol. The van der Waals surface area contributed by atoms with Gasteiger partial charge in [-0.05, 0) is 18.9 Å². The van der Waals surface area contributed by atoms with Crippen molar-refractivity contribution in [2.75, 3.05) is 11.9 Å². The van der Waals surface area contributed by atoms with Gasteiger partial charge in [-0.1, -0.05) is 28.4 Å². The third-order valence-electron chi connectivity index (χ3n) is 2.73. The highest BCUT2D eigenvalue weighted by atomic mass is 35.5. The highest BCUT2D eigenvalue weighted by Gasteiger charge is 2.13. The standard InChI is InChI=1S/C11H13Cl2N5OS/c12-6-5-7(13)10-11(18-20-17-10)9(6)15-4-2-1-3-8(14)16-19/h5,15,19H,1-4H2,(H2,14,16). The van der Waals surface area contributed by atoms with Gasteiger partial charge in [0, 0.05) is 13.0 Å². The number of nitrogens with zero attached hydrogens (tertiary/aromatic N) is 3. The van der Waals surface area contributed by atoms with Crippen molar-refractivity contribution >= 4 is 57.5 Å². The van der Waals surface area contributed by atoms with Gasteiger partial charge in [-0.3, -0.25) is 0 Å². The molecule has 1 aromatic heterocycles. The summed E-state index contributed by atoms with van der Waals surface area (Å²) in [6.45, 7) is 0.701. The smallest absolute Gasteiger partial charge is 0.139 e. The maximum atomic E-state index is 8.43. The van der Waals surface area contributed by atoms with Crippen LogP contribution >= 0.6 is 34.9 Å². The summed E-state index contributed by atoms with van der Waals surface area (Å²) in [4.78, 5) is 0. The van der Waals surface area contributed by atoms with Crippen LogP contribution in [0.3, 0.4) is 0 Å². The van der Waals surface area contributed by atoms with Crippen molar-refractivity contribution in [1.82, 2.24) is 8.75 Å². The predicted octanol–water partition coefficient (Wildman–Crippen LogP) is 3.33. The zero-order valence-corrected chi connectivity index (χ0v) is 12.8. The van der Waals surface area contributed by atoms with E-state index in [2.05, 4.69) is 19.2 Å². The maximum absolute atomic E-state index is 8.43. The van der Waals surface area contributed by atoms with Gasteiger partial charge in [0.25, 0.3) is 0 Å². The minimum absolute atomic E-state index is 0.237. The molecule has 20 heavy (non-hydrogen) atoms. The van der Waals surface area contributed by atoms with Crippen molar-refractivity contribution in [1.29, 1.82) is 0 Å². The van der Waals surface area contributed by atoms with Crippen LogP contribution < -0.4 is 11.1 Å². The molecule has 2 aromatic rings.